The molecule has 0 aliphatic heterocycles. The van der Waals surface area contributed by atoms with Crippen molar-refractivity contribution >= 4 is 11.9 Å². The van der Waals surface area contributed by atoms with E-state index in [9.17, 15) is 9.59 Å². The number of likely N-dealkylation sites (N-methyl/N-ethyl adjacent to an activating group) is 1. The maximum absolute atomic E-state index is 11.6. The van der Waals surface area contributed by atoms with Crippen LogP contribution in [0.1, 0.15) is 45.4 Å². The zero-order chi connectivity index (χ0) is 13.5. The molecule has 0 aromatic heterocycles. The van der Waals surface area contributed by atoms with E-state index in [0.29, 0.717) is 0 Å². The molecule has 0 heterocycles. The Balaban J connectivity index is 2.27. The number of carbonyl (C=O) groups excluding carboxylic acids is 2. The minimum atomic E-state index is -0.785. The van der Waals surface area contributed by atoms with Gasteiger partial charge in [0.1, 0.15) is 0 Å². The first kappa shape index (κ1) is 15.0. The zero-order valence-electron chi connectivity index (χ0n) is 11.4. The van der Waals surface area contributed by atoms with Crippen LogP contribution in [0.15, 0.2) is 0 Å². The summed E-state index contributed by atoms with van der Waals surface area (Å²) in [5, 5.41) is 2.12. The Morgan fingerprint density at radius 2 is 1.94 bits per heavy atom. The van der Waals surface area contributed by atoms with Crippen molar-refractivity contribution in [2.75, 3.05) is 13.6 Å². The van der Waals surface area contributed by atoms with E-state index in [-0.39, 0.29) is 11.9 Å². The lowest BCUT2D eigenvalue weighted by Crippen LogP contribution is -2.47. The fraction of sp³-hybridized carbons (Fsp3) is 0.846. The Morgan fingerprint density at radius 1 is 1.33 bits per heavy atom. The summed E-state index contributed by atoms with van der Waals surface area (Å²) in [6, 6.07) is -1.10. The molecule has 1 fully saturated rings. The Labute approximate surface area is 109 Å². The van der Waals surface area contributed by atoms with Gasteiger partial charge in [-0.1, -0.05) is 32.1 Å². The summed E-state index contributed by atoms with van der Waals surface area (Å²) in [5.74, 6) is 0.473. The average molecular weight is 255 g/mol. The second-order valence-corrected chi connectivity index (χ2v) is 5.30. The highest BCUT2D eigenvalue weighted by atomic mass is 16.2. The topological polar surface area (TPSA) is 75.4 Å². The molecule has 0 radical (unpaired) electrons. The van der Waals surface area contributed by atoms with Crippen molar-refractivity contribution in [2.24, 2.45) is 11.7 Å². The van der Waals surface area contributed by atoms with Crippen molar-refractivity contribution in [3.8, 4) is 0 Å². The molecule has 3 N–H and O–H groups in total. The van der Waals surface area contributed by atoms with Crippen LogP contribution in [0.4, 0.5) is 4.79 Å². The molecule has 1 aliphatic carbocycles. The van der Waals surface area contributed by atoms with Gasteiger partial charge < -0.3 is 5.73 Å². The Morgan fingerprint density at radius 3 is 2.50 bits per heavy atom. The third-order valence-corrected chi connectivity index (χ3v) is 3.90. The van der Waals surface area contributed by atoms with Gasteiger partial charge in [0.25, 0.3) is 0 Å². The fourth-order valence-corrected chi connectivity index (χ4v) is 2.48. The lowest BCUT2D eigenvalue weighted by Gasteiger charge is -2.27. The van der Waals surface area contributed by atoms with Gasteiger partial charge in [-0.3, -0.25) is 15.0 Å². The van der Waals surface area contributed by atoms with E-state index >= 15 is 0 Å². The highest BCUT2D eigenvalue weighted by molar-refractivity contribution is 5.96. The first-order valence-electron chi connectivity index (χ1n) is 6.81. The van der Waals surface area contributed by atoms with Crippen LogP contribution in [-0.2, 0) is 4.79 Å². The molecule has 0 saturated heterocycles. The Kier molecular flexibility index (Phi) is 6.12. The standard InChI is InChI=1S/C13H25N3O2/c1-10(12(17)15-13(14)18)16(2)9-8-11-6-4-3-5-7-11/h10-11H,3-9H2,1-2H3,(H3,14,15,17,18)/t10-/m1/s1. The lowest BCUT2D eigenvalue weighted by molar-refractivity contribution is -0.124. The largest absolute Gasteiger partial charge is 0.351 e. The molecule has 1 saturated carbocycles. The van der Waals surface area contributed by atoms with E-state index in [1.54, 1.807) is 6.92 Å². The second kappa shape index (κ2) is 7.36. The van der Waals surface area contributed by atoms with E-state index in [1.165, 1.54) is 32.1 Å². The first-order valence-corrected chi connectivity index (χ1v) is 6.81. The number of hydrogen-bond donors (Lipinski definition) is 2. The van der Waals surface area contributed by atoms with Gasteiger partial charge in [-0.25, -0.2) is 4.79 Å². The third-order valence-electron chi connectivity index (χ3n) is 3.90. The molecule has 0 unspecified atom stereocenters. The van der Waals surface area contributed by atoms with Crippen LogP contribution >= 0.6 is 0 Å². The summed E-state index contributed by atoms with van der Waals surface area (Å²) in [7, 11) is 1.91. The smallest absolute Gasteiger partial charge is 0.318 e. The van der Waals surface area contributed by atoms with Gasteiger partial charge in [0, 0.05) is 0 Å². The maximum Gasteiger partial charge on any atom is 0.318 e. The number of carbonyl (C=O) groups is 2. The van der Waals surface area contributed by atoms with Crippen LogP contribution in [0.3, 0.4) is 0 Å². The van der Waals surface area contributed by atoms with Crippen molar-refractivity contribution in [1.82, 2.24) is 10.2 Å². The van der Waals surface area contributed by atoms with Crippen LogP contribution in [-0.4, -0.2) is 36.5 Å². The monoisotopic (exact) mass is 255 g/mol. The molecule has 104 valence electrons. The zero-order valence-corrected chi connectivity index (χ0v) is 11.4. The minimum absolute atomic E-state index is 0.318. The van der Waals surface area contributed by atoms with Crippen molar-refractivity contribution < 1.29 is 9.59 Å². The van der Waals surface area contributed by atoms with Crippen molar-refractivity contribution in [3.63, 3.8) is 0 Å². The van der Waals surface area contributed by atoms with Gasteiger partial charge in [0.05, 0.1) is 6.04 Å². The highest BCUT2D eigenvalue weighted by Crippen LogP contribution is 2.26. The van der Waals surface area contributed by atoms with Crippen molar-refractivity contribution in [1.29, 1.82) is 0 Å². The maximum atomic E-state index is 11.6. The molecular weight excluding hydrogens is 230 g/mol. The molecule has 5 nitrogen and oxygen atoms in total. The van der Waals surface area contributed by atoms with Crippen LogP contribution in [0.2, 0.25) is 0 Å². The number of imide groups is 1. The molecule has 0 aromatic carbocycles. The van der Waals surface area contributed by atoms with Gasteiger partial charge in [-0.05, 0) is 32.9 Å². The van der Waals surface area contributed by atoms with Crippen molar-refractivity contribution in [3.05, 3.63) is 0 Å². The number of hydrogen-bond acceptors (Lipinski definition) is 3. The first-order chi connectivity index (χ1) is 8.50. The summed E-state index contributed by atoms with van der Waals surface area (Å²) in [4.78, 5) is 24.2. The van der Waals surface area contributed by atoms with Gasteiger partial charge in [-0.15, -0.1) is 0 Å². The molecule has 1 atom stereocenters. The number of nitrogens with one attached hydrogen (secondary N) is 1. The molecule has 1 aliphatic rings. The summed E-state index contributed by atoms with van der Waals surface area (Å²) in [6.45, 7) is 2.68. The van der Waals surface area contributed by atoms with Crippen molar-refractivity contribution in [2.45, 2.75) is 51.5 Å². The molecule has 0 spiro atoms. The minimum Gasteiger partial charge on any atom is -0.351 e. The summed E-state index contributed by atoms with van der Waals surface area (Å²) >= 11 is 0. The molecule has 1 rings (SSSR count). The van der Waals surface area contributed by atoms with E-state index < -0.39 is 6.03 Å². The normalized spacial score (nSPS) is 18.6. The van der Waals surface area contributed by atoms with Gasteiger partial charge in [0.15, 0.2) is 0 Å². The predicted molar refractivity (Wildman–Crippen MR) is 71.0 cm³/mol. The number of urea groups is 1. The van der Waals surface area contributed by atoms with Gasteiger partial charge in [-0.2, -0.15) is 0 Å². The number of rotatable bonds is 5. The van der Waals surface area contributed by atoms with E-state index in [0.717, 1.165) is 18.9 Å². The SMILES string of the molecule is C[C@H](C(=O)NC(N)=O)N(C)CCC1CCCCC1. The number of primary amides is 1. The van der Waals surface area contributed by atoms with Crippen LogP contribution < -0.4 is 11.1 Å². The Bertz CT molecular complexity index is 288. The van der Waals surface area contributed by atoms with E-state index in [1.807, 2.05) is 11.9 Å². The van der Waals surface area contributed by atoms with Crippen LogP contribution in [0, 0.1) is 5.92 Å². The summed E-state index contributed by atoms with van der Waals surface area (Å²) < 4.78 is 0. The van der Waals surface area contributed by atoms with Gasteiger partial charge in [0.2, 0.25) is 5.91 Å². The van der Waals surface area contributed by atoms with Gasteiger partial charge >= 0.3 is 6.03 Å². The molecule has 0 bridgehead atoms. The fourth-order valence-electron chi connectivity index (χ4n) is 2.48. The summed E-state index contributed by atoms with van der Waals surface area (Å²) in [5.41, 5.74) is 4.93. The average Bonchev–Trinajstić information content (AvgIpc) is 2.35. The molecule has 3 amide bonds. The third kappa shape index (κ3) is 5.04. The van der Waals surface area contributed by atoms with Crippen LogP contribution in [0.25, 0.3) is 0 Å². The number of nitrogens with zero attached hydrogens (tertiary/aromatic N) is 1. The highest BCUT2D eigenvalue weighted by Gasteiger charge is 2.20. The Hall–Kier alpha value is -1.10. The molecule has 18 heavy (non-hydrogen) atoms. The van der Waals surface area contributed by atoms with E-state index in [2.05, 4.69) is 5.32 Å². The number of amides is 3. The summed E-state index contributed by atoms with van der Waals surface area (Å²) in [6.07, 6.45) is 7.80. The second-order valence-electron chi connectivity index (χ2n) is 5.30. The number of nitrogens with two attached hydrogens (primary N) is 1. The predicted octanol–water partition coefficient (Wildman–Crippen LogP) is 1.47. The lowest BCUT2D eigenvalue weighted by atomic mass is 9.87. The van der Waals surface area contributed by atoms with E-state index in [4.69, 9.17) is 5.73 Å². The van der Waals surface area contributed by atoms with Crippen LogP contribution in [0.5, 0.6) is 0 Å². The quantitative estimate of drug-likeness (QED) is 0.781. The molecular formula is C13H25N3O2. The molecule has 0 aromatic rings. The molecule has 5 heteroatoms.